The van der Waals surface area contributed by atoms with Gasteiger partial charge in [0.15, 0.2) is 0 Å². The molecule has 2 nitrogen and oxygen atoms in total. The number of nitrogens with zero attached hydrogens (tertiary/aromatic N) is 2. The van der Waals surface area contributed by atoms with Gasteiger partial charge < -0.3 is 0 Å². The Bertz CT molecular complexity index is 227. The fourth-order valence-electron chi connectivity index (χ4n) is 0.775. The van der Waals surface area contributed by atoms with E-state index in [1.54, 1.807) is 0 Å². The first-order valence-corrected chi connectivity index (χ1v) is 5.67. The fraction of sp³-hybridized carbons (Fsp3) is 0.571. The minimum atomic E-state index is -1.60. The summed E-state index contributed by atoms with van der Waals surface area (Å²) in [5, 5.41) is 0. The number of halogens is 2. The molecule has 0 fully saturated rings. The first kappa shape index (κ1) is 10.8. The molecular formula is C7H10F2N2S2. The Morgan fingerprint density at radius 3 is 3.08 bits per heavy atom. The monoisotopic (exact) mass is 224 g/mol. The molecule has 0 aliphatic carbocycles. The summed E-state index contributed by atoms with van der Waals surface area (Å²) >= 11 is 3.02. The van der Waals surface area contributed by atoms with Gasteiger partial charge in [0.1, 0.15) is 5.84 Å². The Morgan fingerprint density at radius 1 is 1.77 bits per heavy atom. The summed E-state index contributed by atoms with van der Waals surface area (Å²) in [6.45, 7) is 1.92. The maximum absolute atomic E-state index is 11.6. The van der Waals surface area contributed by atoms with Crippen LogP contribution in [0.25, 0.3) is 0 Å². The van der Waals surface area contributed by atoms with Crippen LogP contribution in [0.1, 0.15) is 13.3 Å². The molecule has 6 heteroatoms. The lowest BCUT2D eigenvalue weighted by atomic mass is 10.5. The molecule has 1 aliphatic rings. The highest BCUT2D eigenvalue weighted by Gasteiger charge is 2.12. The highest BCUT2D eigenvalue weighted by molar-refractivity contribution is 8.02. The van der Waals surface area contributed by atoms with Crippen LogP contribution in [-0.4, -0.2) is 21.8 Å². The van der Waals surface area contributed by atoms with E-state index in [2.05, 4.69) is 4.40 Å². The second kappa shape index (κ2) is 5.49. The molecule has 0 atom stereocenters. The highest BCUT2D eigenvalue weighted by Crippen LogP contribution is 2.24. The molecular weight excluding hydrogens is 214 g/mol. The Kier molecular flexibility index (Phi) is 4.58. The standard InChI is InChI=1S/C7H10F2N2S2/c1-6-10-12-5-11(6)13-4-2-3-7(8)9/h3H,2,4-5H2,1H3. The molecule has 13 heavy (non-hydrogen) atoms. The predicted octanol–water partition coefficient (Wildman–Crippen LogP) is 3.14. The third kappa shape index (κ3) is 3.99. The number of allylic oxidation sites excluding steroid dienone is 1. The molecule has 1 heterocycles. The van der Waals surface area contributed by atoms with E-state index in [1.165, 1.54) is 23.9 Å². The molecule has 0 amide bonds. The van der Waals surface area contributed by atoms with Gasteiger partial charge in [-0.15, -0.1) is 0 Å². The predicted molar refractivity (Wildman–Crippen MR) is 54.8 cm³/mol. The van der Waals surface area contributed by atoms with Crippen molar-refractivity contribution >= 4 is 29.7 Å². The van der Waals surface area contributed by atoms with Gasteiger partial charge in [0.05, 0.1) is 5.88 Å². The maximum Gasteiger partial charge on any atom is 0.266 e. The van der Waals surface area contributed by atoms with Crippen molar-refractivity contribution in [1.82, 2.24) is 4.31 Å². The molecule has 0 saturated carbocycles. The Labute approximate surface area is 84.7 Å². The van der Waals surface area contributed by atoms with E-state index in [4.69, 9.17) is 0 Å². The second-order valence-corrected chi connectivity index (χ2v) is 4.20. The van der Waals surface area contributed by atoms with E-state index in [0.717, 1.165) is 17.8 Å². The van der Waals surface area contributed by atoms with E-state index in [0.29, 0.717) is 12.2 Å². The lowest BCUT2D eigenvalue weighted by molar-refractivity contribution is 0.418. The summed E-state index contributed by atoms with van der Waals surface area (Å²) in [6.07, 6.45) is -0.244. The van der Waals surface area contributed by atoms with Crippen molar-refractivity contribution in [3.05, 3.63) is 12.2 Å². The van der Waals surface area contributed by atoms with Crippen LogP contribution >= 0.6 is 23.9 Å². The molecule has 0 aromatic rings. The van der Waals surface area contributed by atoms with Crippen molar-refractivity contribution in [2.75, 3.05) is 11.6 Å². The topological polar surface area (TPSA) is 15.6 Å². The van der Waals surface area contributed by atoms with Crippen molar-refractivity contribution in [3.8, 4) is 0 Å². The lowest BCUT2D eigenvalue weighted by Gasteiger charge is -2.13. The molecule has 1 rings (SSSR count). The first-order chi connectivity index (χ1) is 6.20. The van der Waals surface area contributed by atoms with Crippen molar-refractivity contribution in [2.45, 2.75) is 13.3 Å². The summed E-state index contributed by atoms with van der Waals surface area (Å²) < 4.78 is 29.4. The van der Waals surface area contributed by atoms with Crippen LogP contribution in [-0.2, 0) is 0 Å². The average Bonchev–Trinajstić information content (AvgIpc) is 2.45. The third-order valence-corrected chi connectivity index (χ3v) is 3.45. The number of hydrogen-bond acceptors (Lipinski definition) is 4. The molecule has 0 unspecified atom stereocenters. The summed E-state index contributed by atoms with van der Waals surface area (Å²) in [5.74, 6) is 2.45. The molecule has 1 aliphatic heterocycles. The van der Waals surface area contributed by atoms with Gasteiger partial charge in [0.2, 0.25) is 0 Å². The van der Waals surface area contributed by atoms with Gasteiger partial charge >= 0.3 is 0 Å². The van der Waals surface area contributed by atoms with Gasteiger partial charge in [-0.05, 0) is 43.3 Å². The van der Waals surface area contributed by atoms with Gasteiger partial charge in [-0.2, -0.15) is 8.78 Å². The van der Waals surface area contributed by atoms with E-state index in [9.17, 15) is 8.78 Å². The SMILES string of the molecule is CC1=NSCN1SCCC=C(F)F. The van der Waals surface area contributed by atoms with Crippen molar-refractivity contribution in [3.63, 3.8) is 0 Å². The molecule has 0 aromatic heterocycles. The average molecular weight is 224 g/mol. The Balaban J connectivity index is 2.13. The second-order valence-electron chi connectivity index (χ2n) is 2.39. The van der Waals surface area contributed by atoms with Gasteiger partial charge in [0, 0.05) is 5.75 Å². The molecule has 0 bridgehead atoms. The van der Waals surface area contributed by atoms with Crippen molar-refractivity contribution in [2.24, 2.45) is 4.40 Å². The van der Waals surface area contributed by atoms with Gasteiger partial charge in [-0.1, -0.05) is 0 Å². The molecule has 0 N–H and O–H groups in total. The normalized spacial score (nSPS) is 15.9. The smallest absolute Gasteiger partial charge is 0.266 e. The van der Waals surface area contributed by atoms with Gasteiger partial charge in [-0.3, -0.25) is 4.31 Å². The molecule has 0 radical (unpaired) electrons. The van der Waals surface area contributed by atoms with Crippen LogP contribution in [0.4, 0.5) is 8.78 Å². The van der Waals surface area contributed by atoms with E-state index < -0.39 is 6.08 Å². The third-order valence-electron chi connectivity index (χ3n) is 1.40. The zero-order chi connectivity index (χ0) is 9.68. The largest absolute Gasteiger partial charge is 0.292 e. The summed E-state index contributed by atoms with van der Waals surface area (Å²) in [5.41, 5.74) is 0. The minimum absolute atomic E-state index is 0.404. The number of amidine groups is 1. The highest BCUT2D eigenvalue weighted by atomic mass is 32.2. The van der Waals surface area contributed by atoms with Crippen LogP contribution in [0.2, 0.25) is 0 Å². The summed E-state index contributed by atoms with van der Waals surface area (Å²) in [4.78, 5) is 0. The first-order valence-electron chi connectivity index (χ1n) is 3.78. The van der Waals surface area contributed by atoms with Gasteiger partial charge in [0.25, 0.3) is 6.08 Å². The quantitative estimate of drug-likeness (QED) is 0.539. The van der Waals surface area contributed by atoms with Gasteiger partial charge in [-0.25, -0.2) is 4.40 Å². The number of hydrogen-bond donors (Lipinski definition) is 0. The van der Waals surface area contributed by atoms with E-state index in [-0.39, 0.29) is 0 Å². The van der Waals surface area contributed by atoms with Crippen LogP contribution in [0, 0.1) is 0 Å². The lowest BCUT2D eigenvalue weighted by Crippen LogP contribution is -2.16. The van der Waals surface area contributed by atoms with E-state index in [1.807, 2.05) is 11.2 Å². The minimum Gasteiger partial charge on any atom is -0.292 e. The summed E-state index contributed by atoms with van der Waals surface area (Å²) in [6, 6.07) is 0. The zero-order valence-electron chi connectivity index (χ0n) is 7.17. The van der Waals surface area contributed by atoms with Crippen molar-refractivity contribution in [1.29, 1.82) is 0 Å². The molecule has 0 saturated heterocycles. The maximum atomic E-state index is 11.6. The summed E-state index contributed by atoms with van der Waals surface area (Å²) in [7, 11) is 0. The Morgan fingerprint density at radius 2 is 2.54 bits per heavy atom. The van der Waals surface area contributed by atoms with Crippen LogP contribution < -0.4 is 0 Å². The van der Waals surface area contributed by atoms with Crippen LogP contribution in [0.15, 0.2) is 16.6 Å². The molecule has 0 aromatic carbocycles. The van der Waals surface area contributed by atoms with Crippen LogP contribution in [0.5, 0.6) is 0 Å². The van der Waals surface area contributed by atoms with Crippen LogP contribution in [0.3, 0.4) is 0 Å². The molecule has 74 valence electrons. The zero-order valence-corrected chi connectivity index (χ0v) is 8.80. The van der Waals surface area contributed by atoms with E-state index >= 15 is 0 Å². The fourth-order valence-corrected chi connectivity index (χ4v) is 2.57. The number of rotatable bonds is 4. The molecule has 0 spiro atoms. The van der Waals surface area contributed by atoms with Crippen molar-refractivity contribution < 1.29 is 8.78 Å². The Hall–Kier alpha value is -0.230.